The van der Waals surface area contributed by atoms with Crippen molar-refractivity contribution in [2.75, 3.05) is 13.2 Å². The molecule has 29 heavy (non-hydrogen) atoms. The number of sulfone groups is 1. The Morgan fingerprint density at radius 1 is 1.21 bits per heavy atom. The van der Waals surface area contributed by atoms with Gasteiger partial charge in [-0.2, -0.15) is 0 Å². The van der Waals surface area contributed by atoms with Gasteiger partial charge in [0.15, 0.2) is 9.84 Å². The lowest BCUT2D eigenvalue weighted by molar-refractivity contribution is -0.289. The molecule has 2 N–H and O–H groups in total. The van der Waals surface area contributed by atoms with Crippen LogP contribution in [0.1, 0.15) is 12.0 Å². The molecule has 1 heterocycles. The number of amides is 1. The zero-order valence-corrected chi connectivity index (χ0v) is 16.1. The topological polar surface area (TPSA) is 113 Å². The second kappa shape index (κ2) is 8.87. The molecule has 0 aliphatic carbocycles. The zero-order chi connectivity index (χ0) is 21.0. The number of nitrogens with zero attached hydrogens (tertiary/aromatic N) is 1. The lowest BCUT2D eigenvalue weighted by Gasteiger charge is -2.30. The Balaban J connectivity index is 1.74. The maximum Gasteiger partial charge on any atom is 0.279 e. The molecule has 1 fully saturated rings. The second-order valence-electron chi connectivity index (χ2n) is 6.57. The number of carbonyl (C=O) groups is 1. The van der Waals surface area contributed by atoms with Gasteiger partial charge in [-0.05, 0) is 48.4 Å². The van der Waals surface area contributed by atoms with E-state index in [1.165, 1.54) is 36.4 Å². The number of hydrogen-bond acceptors (Lipinski definition) is 7. The molecule has 0 spiro atoms. The summed E-state index contributed by atoms with van der Waals surface area (Å²) in [5.74, 6) is -2.36. The number of hydroxylamine groups is 2. The highest BCUT2D eigenvalue weighted by atomic mass is 32.2. The van der Waals surface area contributed by atoms with Crippen LogP contribution in [0, 0.1) is 11.7 Å². The largest absolute Gasteiger partial charge is 0.489 e. The van der Waals surface area contributed by atoms with Crippen molar-refractivity contribution in [1.82, 2.24) is 5.23 Å². The van der Waals surface area contributed by atoms with Crippen molar-refractivity contribution in [1.29, 1.82) is 0 Å². The van der Waals surface area contributed by atoms with Gasteiger partial charge in [0.2, 0.25) is 0 Å². The molecule has 2 atom stereocenters. The van der Waals surface area contributed by atoms with Crippen molar-refractivity contribution in [3.63, 3.8) is 0 Å². The fourth-order valence-corrected chi connectivity index (χ4v) is 5.06. The summed E-state index contributed by atoms with van der Waals surface area (Å²) in [6, 6.07) is 11.6. The monoisotopic (exact) mass is 425 g/mol. The molecule has 2 aromatic carbocycles. The van der Waals surface area contributed by atoms with Gasteiger partial charge in [0.1, 0.15) is 18.2 Å². The number of benzene rings is 2. The molecule has 1 aliphatic heterocycles. The van der Waals surface area contributed by atoms with Crippen LogP contribution >= 0.6 is 0 Å². The molecule has 10 heteroatoms. The van der Waals surface area contributed by atoms with E-state index in [1.54, 1.807) is 12.1 Å². The van der Waals surface area contributed by atoms with E-state index in [1.807, 2.05) is 0 Å². The van der Waals surface area contributed by atoms with Gasteiger partial charge >= 0.3 is 0 Å². The van der Waals surface area contributed by atoms with Crippen LogP contribution in [0.25, 0.3) is 0 Å². The van der Waals surface area contributed by atoms with Crippen LogP contribution in [-0.4, -0.2) is 48.4 Å². The van der Waals surface area contributed by atoms with Crippen LogP contribution in [-0.2, 0) is 26.0 Å². The normalized spacial score (nSPS) is 19.6. The number of halogens is 1. The average Bonchev–Trinajstić information content (AvgIpc) is 2.72. The van der Waals surface area contributed by atoms with Gasteiger partial charge in [0.25, 0.3) is 5.91 Å². The summed E-state index contributed by atoms with van der Waals surface area (Å²) >= 11 is 0. The van der Waals surface area contributed by atoms with Gasteiger partial charge in [-0.15, -0.1) is 0 Å². The van der Waals surface area contributed by atoms with Crippen LogP contribution in [0.4, 0.5) is 4.39 Å². The summed E-state index contributed by atoms with van der Waals surface area (Å²) in [5, 5.41) is 16.2. The second-order valence-corrected chi connectivity index (χ2v) is 8.74. The third kappa shape index (κ3) is 4.91. The van der Waals surface area contributed by atoms with Crippen molar-refractivity contribution in [2.24, 2.45) is 5.92 Å². The highest BCUT2D eigenvalue weighted by Gasteiger charge is 2.42. The molecular weight excluding hydrogens is 405 g/mol. The van der Waals surface area contributed by atoms with Crippen LogP contribution in [0.2, 0.25) is 0 Å². The zero-order valence-electron chi connectivity index (χ0n) is 15.3. The van der Waals surface area contributed by atoms with E-state index in [0.29, 0.717) is 11.3 Å². The predicted molar refractivity (Wildman–Crippen MR) is 97.5 cm³/mol. The molecule has 1 amide bonds. The first-order valence-corrected chi connectivity index (χ1v) is 10.3. The van der Waals surface area contributed by atoms with E-state index in [4.69, 9.17) is 19.9 Å². The first kappa shape index (κ1) is 21.2. The van der Waals surface area contributed by atoms with Crippen LogP contribution in [0.5, 0.6) is 5.75 Å². The SMILES string of the molecule is O=C(C1COCCC1S(=O)(=O)c1ccc(OCc2cccc(F)c2)cc1)N(O)O. The van der Waals surface area contributed by atoms with E-state index in [9.17, 15) is 17.6 Å². The van der Waals surface area contributed by atoms with Gasteiger partial charge in [0, 0.05) is 6.61 Å². The van der Waals surface area contributed by atoms with Gasteiger partial charge in [-0.3, -0.25) is 15.2 Å². The maximum absolute atomic E-state index is 13.2. The Hall–Kier alpha value is -2.53. The molecule has 8 nitrogen and oxygen atoms in total. The van der Waals surface area contributed by atoms with Gasteiger partial charge in [-0.1, -0.05) is 17.4 Å². The number of ether oxygens (including phenoxy) is 2. The summed E-state index contributed by atoms with van der Waals surface area (Å²) in [6.07, 6.45) is 0.0460. The first-order valence-electron chi connectivity index (χ1n) is 8.79. The molecule has 0 saturated carbocycles. The third-order valence-corrected chi connectivity index (χ3v) is 6.94. The molecule has 2 aromatic rings. The van der Waals surface area contributed by atoms with Crippen molar-refractivity contribution in [3.05, 3.63) is 59.9 Å². The minimum atomic E-state index is -3.93. The Bertz CT molecular complexity index is 963. The van der Waals surface area contributed by atoms with Crippen molar-refractivity contribution >= 4 is 15.7 Å². The Morgan fingerprint density at radius 2 is 1.93 bits per heavy atom. The minimum Gasteiger partial charge on any atom is -0.489 e. The number of rotatable bonds is 6. The first-order chi connectivity index (χ1) is 13.8. The smallest absolute Gasteiger partial charge is 0.279 e. The lowest BCUT2D eigenvalue weighted by Crippen LogP contribution is -2.46. The Labute approximate surface area is 166 Å². The summed E-state index contributed by atoms with van der Waals surface area (Å²) in [4.78, 5) is 11.9. The van der Waals surface area contributed by atoms with E-state index >= 15 is 0 Å². The average molecular weight is 425 g/mol. The van der Waals surface area contributed by atoms with Crippen molar-refractivity contribution < 1.29 is 37.5 Å². The molecular formula is C19H20FNO7S. The molecule has 0 bridgehead atoms. The van der Waals surface area contributed by atoms with E-state index in [2.05, 4.69) is 0 Å². The maximum atomic E-state index is 13.2. The summed E-state index contributed by atoms with van der Waals surface area (Å²) in [6.45, 7) is 0.0256. The molecule has 0 radical (unpaired) electrons. The molecule has 1 saturated heterocycles. The van der Waals surface area contributed by atoms with Crippen molar-refractivity contribution in [2.45, 2.75) is 23.2 Å². The highest BCUT2D eigenvalue weighted by molar-refractivity contribution is 7.92. The number of carbonyl (C=O) groups excluding carboxylic acids is 1. The quantitative estimate of drug-likeness (QED) is 0.539. The van der Waals surface area contributed by atoms with E-state index in [0.717, 1.165) is 0 Å². The Kier molecular flexibility index (Phi) is 6.48. The van der Waals surface area contributed by atoms with Gasteiger partial charge < -0.3 is 9.47 Å². The molecule has 3 rings (SSSR count). The standard InChI is InChI=1S/C19H20FNO7S/c20-14-3-1-2-13(10-14)11-28-15-4-6-16(7-5-15)29(25,26)18-8-9-27-12-17(18)19(22)21(23)24/h1-7,10,17-18,23-24H,8-9,11-12H2. The van der Waals surface area contributed by atoms with Gasteiger partial charge in [0.05, 0.1) is 22.7 Å². The Morgan fingerprint density at radius 3 is 2.59 bits per heavy atom. The summed E-state index contributed by atoms with van der Waals surface area (Å²) < 4.78 is 49.8. The van der Waals surface area contributed by atoms with Crippen LogP contribution < -0.4 is 4.74 Å². The summed E-state index contributed by atoms with van der Waals surface area (Å²) in [5.41, 5.74) is 0.628. The van der Waals surface area contributed by atoms with E-state index in [-0.39, 0.29) is 37.0 Å². The minimum absolute atomic E-state index is 0.0252. The highest BCUT2D eigenvalue weighted by Crippen LogP contribution is 2.30. The fourth-order valence-electron chi connectivity index (χ4n) is 3.16. The molecule has 2 unspecified atom stereocenters. The lowest BCUT2D eigenvalue weighted by atomic mass is 10.0. The van der Waals surface area contributed by atoms with Crippen molar-refractivity contribution in [3.8, 4) is 5.75 Å². The fraction of sp³-hybridized carbons (Fsp3) is 0.316. The van der Waals surface area contributed by atoms with E-state index < -0.39 is 32.1 Å². The predicted octanol–water partition coefficient (Wildman–Crippen LogP) is 2.19. The van der Waals surface area contributed by atoms with Gasteiger partial charge in [-0.25, -0.2) is 12.8 Å². The molecule has 0 aromatic heterocycles. The molecule has 156 valence electrons. The van der Waals surface area contributed by atoms with Crippen LogP contribution in [0.3, 0.4) is 0 Å². The third-order valence-electron chi connectivity index (χ3n) is 4.65. The number of hydrogen-bond donors (Lipinski definition) is 2. The summed E-state index contributed by atoms with van der Waals surface area (Å²) in [7, 11) is -3.93. The van der Waals surface area contributed by atoms with Crippen LogP contribution in [0.15, 0.2) is 53.4 Å². The molecule has 1 aliphatic rings.